The van der Waals surface area contributed by atoms with Gasteiger partial charge < -0.3 is 4.98 Å². The number of aromatic nitrogens is 1. The molecule has 0 aliphatic carbocycles. The van der Waals surface area contributed by atoms with Crippen molar-refractivity contribution in [2.45, 2.75) is 25.3 Å². The number of hydrogen-bond acceptors (Lipinski definition) is 3. The van der Waals surface area contributed by atoms with Crippen LogP contribution in [0.1, 0.15) is 16.7 Å². The lowest BCUT2D eigenvalue weighted by atomic mass is 10.0. The molecule has 0 atom stereocenters. The highest BCUT2D eigenvalue weighted by atomic mass is 32.2. The fraction of sp³-hybridized carbons (Fsp3) is 0.167. The molecular weight excluding hydrogens is 324 g/mol. The van der Waals surface area contributed by atoms with Crippen LogP contribution in [0.2, 0.25) is 0 Å². The highest BCUT2D eigenvalue weighted by molar-refractivity contribution is 7.89. The fourth-order valence-corrected chi connectivity index (χ4v) is 3.73. The average Bonchev–Trinajstić information content (AvgIpc) is 2.54. The molecule has 0 fully saturated rings. The van der Waals surface area contributed by atoms with Gasteiger partial charge >= 0.3 is 0 Å². The number of aryl methyl sites for hydroxylation is 2. The van der Waals surface area contributed by atoms with E-state index in [9.17, 15) is 13.2 Å². The topological polar surface area (TPSA) is 79.0 Å². The highest BCUT2D eigenvalue weighted by Gasteiger charge is 2.14. The van der Waals surface area contributed by atoms with Crippen LogP contribution in [0.5, 0.6) is 0 Å². The normalized spacial score (nSPS) is 11.8. The Morgan fingerprint density at radius 2 is 1.75 bits per heavy atom. The van der Waals surface area contributed by atoms with Gasteiger partial charge in [0.25, 0.3) is 5.56 Å². The molecule has 0 aliphatic rings. The Morgan fingerprint density at radius 3 is 2.46 bits per heavy atom. The van der Waals surface area contributed by atoms with E-state index >= 15 is 0 Å². The minimum Gasteiger partial charge on any atom is -0.322 e. The summed E-state index contributed by atoms with van der Waals surface area (Å²) in [6, 6.07) is 13.8. The highest BCUT2D eigenvalue weighted by Crippen LogP contribution is 2.18. The van der Waals surface area contributed by atoms with Crippen LogP contribution in [-0.4, -0.2) is 13.4 Å². The molecule has 1 aromatic heterocycles. The van der Waals surface area contributed by atoms with Crippen LogP contribution in [0.25, 0.3) is 10.9 Å². The van der Waals surface area contributed by atoms with Crippen molar-refractivity contribution < 1.29 is 8.42 Å². The number of benzene rings is 2. The lowest BCUT2D eigenvalue weighted by Crippen LogP contribution is -2.27. The van der Waals surface area contributed by atoms with Crippen molar-refractivity contribution in [3.8, 4) is 0 Å². The van der Waals surface area contributed by atoms with Gasteiger partial charge in [-0.25, -0.2) is 13.1 Å². The first kappa shape index (κ1) is 16.4. The predicted molar refractivity (Wildman–Crippen MR) is 94.5 cm³/mol. The van der Waals surface area contributed by atoms with Gasteiger partial charge in [0.1, 0.15) is 0 Å². The average molecular weight is 342 g/mol. The minimum absolute atomic E-state index is 0.0597. The van der Waals surface area contributed by atoms with E-state index in [0.717, 1.165) is 22.0 Å². The summed E-state index contributed by atoms with van der Waals surface area (Å²) >= 11 is 0. The van der Waals surface area contributed by atoms with Crippen molar-refractivity contribution in [2.75, 3.05) is 0 Å². The summed E-state index contributed by atoms with van der Waals surface area (Å²) in [6.45, 7) is 3.87. The molecular formula is C18H18N2O3S. The van der Waals surface area contributed by atoms with Crippen molar-refractivity contribution >= 4 is 20.9 Å². The van der Waals surface area contributed by atoms with E-state index < -0.39 is 10.0 Å². The van der Waals surface area contributed by atoms with Crippen molar-refractivity contribution in [1.82, 2.24) is 9.71 Å². The molecule has 0 saturated heterocycles. The quantitative estimate of drug-likeness (QED) is 0.765. The van der Waals surface area contributed by atoms with Gasteiger partial charge in [0, 0.05) is 23.0 Å². The smallest absolute Gasteiger partial charge is 0.252 e. The standard InChI is InChI=1S/C18H18N2O3S/c1-12-8-13(2)16-10-14(18(21)20-17(16)9-12)11-19-24(22,23)15-6-4-3-5-7-15/h3-10,19H,11H2,1-2H3,(H,20,21). The van der Waals surface area contributed by atoms with E-state index in [0.29, 0.717) is 5.56 Å². The predicted octanol–water partition coefficient (Wildman–Crippen LogP) is 2.62. The molecule has 0 spiro atoms. The van der Waals surface area contributed by atoms with E-state index in [2.05, 4.69) is 9.71 Å². The van der Waals surface area contributed by atoms with E-state index in [-0.39, 0.29) is 17.0 Å². The second kappa shape index (κ2) is 6.22. The number of pyridine rings is 1. The van der Waals surface area contributed by atoms with Gasteiger partial charge in [0.2, 0.25) is 10.0 Å². The summed E-state index contributed by atoms with van der Waals surface area (Å²) in [6.07, 6.45) is 0. The van der Waals surface area contributed by atoms with Gasteiger partial charge in [-0.3, -0.25) is 4.79 Å². The van der Waals surface area contributed by atoms with E-state index in [1.165, 1.54) is 12.1 Å². The second-order valence-corrected chi connectivity index (χ2v) is 7.57. The number of sulfonamides is 1. The molecule has 0 aliphatic heterocycles. The molecule has 124 valence electrons. The van der Waals surface area contributed by atoms with Gasteiger partial charge in [0.15, 0.2) is 0 Å². The van der Waals surface area contributed by atoms with E-state index in [1.54, 1.807) is 24.3 Å². The number of rotatable bonds is 4. The molecule has 24 heavy (non-hydrogen) atoms. The van der Waals surface area contributed by atoms with Gasteiger partial charge in [-0.15, -0.1) is 0 Å². The molecule has 0 radical (unpaired) electrons. The lowest BCUT2D eigenvalue weighted by Gasteiger charge is -2.09. The fourth-order valence-electron chi connectivity index (χ4n) is 2.70. The molecule has 3 aromatic rings. The number of nitrogens with one attached hydrogen (secondary N) is 2. The third-order valence-corrected chi connectivity index (χ3v) is 5.31. The Bertz CT molecular complexity index is 1050. The van der Waals surface area contributed by atoms with Crippen LogP contribution in [0.15, 0.2) is 58.2 Å². The molecule has 1 heterocycles. The number of H-pyrrole nitrogens is 1. The number of hydrogen-bond donors (Lipinski definition) is 2. The zero-order valence-corrected chi connectivity index (χ0v) is 14.3. The monoisotopic (exact) mass is 342 g/mol. The van der Waals surface area contributed by atoms with Crippen LogP contribution in [0.3, 0.4) is 0 Å². The van der Waals surface area contributed by atoms with Crippen LogP contribution < -0.4 is 10.3 Å². The Kier molecular flexibility index (Phi) is 4.26. The zero-order valence-electron chi connectivity index (χ0n) is 13.5. The molecule has 3 rings (SSSR count). The van der Waals surface area contributed by atoms with Crippen molar-refractivity contribution in [3.05, 3.63) is 75.6 Å². The summed E-state index contributed by atoms with van der Waals surface area (Å²) in [5.74, 6) is 0. The maximum absolute atomic E-state index is 12.3. The minimum atomic E-state index is -3.65. The Balaban J connectivity index is 1.94. The van der Waals surface area contributed by atoms with Crippen LogP contribution in [0.4, 0.5) is 0 Å². The van der Waals surface area contributed by atoms with Gasteiger partial charge in [-0.1, -0.05) is 24.3 Å². The number of fused-ring (bicyclic) bond motifs is 1. The molecule has 0 saturated carbocycles. The Hall–Kier alpha value is -2.44. The SMILES string of the molecule is Cc1cc(C)c2cc(CNS(=O)(=O)c3ccccc3)c(=O)[nH]c2c1. The maximum atomic E-state index is 12.3. The van der Waals surface area contributed by atoms with Crippen molar-refractivity contribution in [3.63, 3.8) is 0 Å². The summed E-state index contributed by atoms with van der Waals surface area (Å²) < 4.78 is 27.0. The summed E-state index contributed by atoms with van der Waals surface area (Å²) in [5, 5.41) is 0.911. The lowest BCUT2D eigenvalue weighted by molar-refractivity contribution is 0.581. The first-order chi connectivity index (χ1) is 11.4. The van der Waals surface area contributed by atoms with Gasteiger partial charge in [-0.2, -0.15) is 0 Å². The number of aromatic amines is 1. The summed E-state index contributed by atoms with van der Waals surface area (Å²) in [5.41, 5.74) is 2.95. The maximum Gasteiger partial charge on any atom is 0.252 e. The molecule has 6 heteroatoms. The molecule has 2 aromatic carbocycles. The van der Waals surface area contributed by atoms with Crippen LogP contribution >= 0.6 is 0 Å². The molecule has 0 unspecified atom stereocenters. The first-order valence-corrected chi connectivity index (χ1v) is 9.03. The zero-order chi connectivity index (χ0) is 17.3. The van der Waals surface area contributed by atoms with Gasteiger partial charge in [0.05, 0.1) is 4.90 Å². The Labute approximate surface area is 140 Å². The Morgan fingerprint density at radius 1 is 1.04 bits per heavy atom. The van der Waals surface area contributed by atoms with Crippen molar-refractivity contribution in [2.24, 2.45) is 0 Å². The molecule has 5 nitrogen and oxygen atoms in total. The summed E-state index contributed by atoms with van der Waals surface area (Å²) in [7, 11) is -3.65. The van der Waals surface area contributed by atoms with E-state index in [1.807, 2.05) is 26.0 Å². The largest absolute Gasteiger partial charge is 0.322 e. The second-order valence-electron chi connectivity index (χ2n) is 5.80. The molecule has 0 amide bonds. The van der Waals surface area contributed by atoms with Crippen molar-refractivity contribution in [1.29, 1.82) is 0 Å². The summed E-state index contributed by atoms with van der Waals surface area (Å²) in [4.78, 5) is 15.2. The van der Waals surface area contributed by atoms with Crippen LogP contribution in [0, 0.1) is 13.8 Å². The van der Waals surface area contributed by atoms with Gasteiger partial charge in [-0.05, 0) is 49.2 Å². The third kappa shape index (κ3) is 3.25. The van der Waals surface area contributed by atoms with E-state index in [4.69, 9.17) is 0 Å². The molecule has 2 N–H and O–H groups in total. The molecule has 0 bridgehead atoms. The third-order valence-electron chi connectivity index (χ3n) is 3.90. The van der Waals surface area contributed by atoms with Crippen LogP contribution in [-0.2, 0) is 16.6 Å². The first-order valence-electron chi connectivity index (χ1n) is 7.55.